The molecule has 25 heavy (non-hydrogen) atoms. The van der Waals surface area contributed by atoms with Crippen molar-refractivity contribution in [2.75, 3.05) is 5.73 Å². The largest absolute Gasteiger partial charge is 0.449 e. The average Bonchev–Trinajstić information content (AvgIpc) is 2.84. The molecule has 4 saturated carbocycles. The van der Waals surface area contributed by atoms with E-state index in [4.69, 9.17) is 10.5 Å². The summed E-state index contributed by atoms with van der Waals surface area (Å²) in [5, 5.41) is 3.57. The first-order chi connectivity index (χ1) is 11.8. The van der Waals surface area contributed by atoms with Gasteiger partial charge in [0.25, 0.3) is 5.91 Å². The molecular weight excluding hydrogens is 338 g/mol. The highest BCUT2D eigenvalue weighted by Crippen LogP contribution is 2.55. The van der Waals surface area contributed by atoms with Gasteiger partial charge in [0, 0.05) is 5.54 Å². The van der Waals surface area contributed by atoms with Gasteiger partial charge in [0.05, 0.1) is 5.69 Å². The predicted molar refractivity (Wildman–Crippen MR) is 95.2 cm³/mol. The number of nitrogen functional groups attached to an aromatic ring is 1. The lowest BCUT2D eigenvalue weighted by Gasteiger charge is -2.57. The van der Waals surface area contributed by atoms with Crippen molar-refractivity contribution in [3.8, 4) is 0 Å². The molecule has 1 amide bonds. The van der Waals surface area contributed by atoms with Crippen LogP contribution in [-0.4, -0.2) is 27.9 Å². The molecule has 3 N–H and O–H groups in total. The number of carbonyl (C=O) groups excluding carboxylic acids is 2. The molecule has 1 aromatic heterocycles. The smallest absolute Gasteiger partial charge is 0.343 e. The van der Waals surface area contributed by atoms with Crippen LogP contribution in [0.5, 0.6) is 0 Å². The van der Waals surface area contributed by atoms with E-state index in [1.165, 1.54) is 19.3 Å². The van der Waals surface area contributed by atoms with Crippen molar-refractivity contribution in [1.82, 2.24) is 9.69 Å². The van der Waals surface area contributed by atoms with Crippen molar-refractivity contribution in [3.63, 3.8) is 0 Å². The van der Waals surface area contributed by atoms with Crippen LogP contribution in [0.2, 0.25) is 0 Å². The number of nitrogens with two attached hydrogens (primary N) is 1. The maximum absolute atomic E-state index is 12.7. The molecule has 4 aliphatic carbocycles. The summed E-state index contributed by atoms with van der Waals surface area (Å²) >= 11 is 1.07. The van der Waals surface area contributed by atoms with E-state index in [1.54, 1.807) is 13.8 Å². The number of nitrogens with one attached hydrogen (secondary N) is 1. The maximum atomic E-state index is 12.7. The second-order valence-electron chi connectivity index (χ2n) is 8.24. The molecule has 0 spiro atoms. The first-order valence-corrected chi connectivity index (χ1v) is 9.87. The Kier molecular flexibility index (Phi) is 4.02. The molecule has 1 aromatic rings. The highest BCUT2D eigenvalue weighted by atomic mass is 32.1. The topological polar surface area (TPSA) is 94.3 Å². The third-order valence-corrected chi connectivity index (χ3v) is 6.94. The monoisotopic (exact) mass is 363 g/mol. The van der Waals surface area contributed by atoms with Crippen molar-refractivity contribution in [3.05, 3.63) is 11.3 Å². The quantitative estimate of drug-likeness (QED) is 0.802. The zero-order valence-electron chi connectivity index (χ0n) is 14.7. The van der Waals surface area contributed by atoms with Gasteiger partial charge in [-0.2, -0.15) is 4.37 Å². The minimum atomic E-state index is -0.834. The lowest BCUT2D eigenvalue weighted by Crippen LogP contribution is -2.61. The summed E-state index contributed by atoms with van der Waals surface area (Å²) < 4.78 is 9.42. The highest BCUT2D eigenvalue weighted by molar-refractivity contribution is 7.10. The number of ether oxygens (including phenoxy) is 1. The highest BCUT2D eigenvalue weighted by Gasteiger charge is 2.51. The van der Waals surface area contributed by atoms with Crippen molar-refractivity contribution in [2.45, 2.75) is 64.0 Å². The number of amides is 1. The van der Waals surface area contributed by atoms with Crippen LogP contribution in [0.1, 0.15) is 61.5 Å². The Hall–Kier alpha value is -1.63. The molecule has 4 bridgehead atoms. The molecule has 5 rings (SSSR count). The summed E-state index contributed by atoms with van der Waals surface area (Å²) in [4.78, 5) is 25.0. The first kappa shape index (κ1) is 16.8. The Bertz CT molecular complexity index is 660. The van der Waals surface area contributed by atoms with E-state index >= 15 is 0 Å². The summed E-state index contributed by atoms with van der Waals surface area (Å²) in [6.45, 7) is 3.34. The number of carbonyl (C=O) groups is 2. The zero-order valence-corrected chi connectivity index (χ0v) is 15.5. The summed E-state index contributed by atoms with van der Waals surface area (Å²) in [6, 6.07) is 0. The standard InChI is InChI=1S/C18H25N3O3S/c1-9-14(15(19)25-21-9)17(23)24-10(2)16(22)20-18-6-11-3-12(7-18)5-13(4-11)8-18/h10-13H,3-8,19H2,1-2H3,(H,20,22). The minimum Gasteiger partial charge on any atom is -0.449 e. The van der Waals surface area contributed by atoms with Gasteiger partial charge in [0.15, 0.2) is 6.10 Å². The van der Waals surface area contributed by atoms with Crippen LogP contribution < -0.4 is 11.1 Å². The number of rotatable bonds is 4. The van der Waals surface area contributed by atoms with Crippen LogP contribution in [0.25, 0.3) is 0 Å². The average molecular weight is 363 g/mol. The molecule has 0 radical (unpaired) electrons. The van der Waals surface area contributed by atoms with Crippen molar-refractivity contribution in [2.24, 2.45) is 17.8 Å². The Morgan fingerprint density at radius 3 is 2.28 bits per heavy atom. The molecule has 1 unspecified atom stereocenters. The van der Waals surface area contributed by atoms with Crippen LogP contribution in [0.4, 0.5) is 5.00 Å². The fourth-order valence-electron chi connectivity index (χ4n) is 5.54. The fourth-order valence-corrected chi connectivity index (χ4v) is 6.18. The second kappa shape index (κ2) is 5.97. The summed E-state index contributed by atoms with van der Waals surface area (Å²) in [7, 11) is 0. The van der Waals surface area contributed by atoms with Crippen molar-refractivity contribution >= 4 is 28.4 Å². The molecule has 0 aromatic carbocycles. The first-order valence-electron chi connectivity index (χ1n) is 9.10. The van der Waals surface area contributed by atoms with Gasteiger partial charge >= 0.3 is 5.97 Å². The summed E-state index contributed by atoms with van der Waals surface area (Å²) in [6.07, 6.45) is 6.36. The fraction of sp³-hybridized carbons (Fsp3) is 0.722. The maximum Gasteiger partial charge on any atom is 0.343 e. The summed E-state index contributed by atoms with van der Waals surface area (Å²) in [5.41, 5.74) is 6.53. The van der Waals surface area contributed by atoms with E-state index in [2.05, 4.69) is 9.69 Å². The van der Waals surface area contributed by atoms with Crippen LogP contribution in [0.15, 0.2) is 0 Å². The van der Waals surface area contributed by atoms with E-state index < -0.39 is 12.1 Å². The van der Waals surface area contributed by atoms with E-state index in [1.807, 2.05) is 0 Å². The van der Waals surface area contributed by atoms with E-state index in [0.29, 0.717) is 10.7 Å². The third kappa shape index (κ3) is 3.03. The molecule has 1 heterocycles. The number of aryl methyl sites for hydroxylation is 1. The predicted octanol–water partition coefficient (Wildman–Crippen LogP) is 2.66. The van der Waals surface area contributed by atoms with E-state index in [9.17, 15) is 9.59 Å². The van der Waals surface area contributed by atoms with Gasteiger partial charge in [0.2, 0.25) is 0 Å². The van der Waals surface area contributed by atoms with Gasteiger partial charge in [-0.15, -0.1) is 0 Å². The van der Waals surface area contributed by atoms with Gasteiger partial charge in [-0.3, -0.25) is 4.79 Å². The lowest BCUT2D eigenvalue weighted by molar-refractivity contribution is -0.134. The number of aromatic nitrogens is 1. The number of nitrogens with zero attached hydrogens (tertiary/aromatic N) is 1. The number of anilines is 1. The Morgan fingerprint density at radius 2 is 1.80 bits per heavy atom. The summed E-state index contributed by atoms with van der Waals surface area (Å²) in [5.74, 6) is 1.49. The van der Waals surface area contributed by atoms with Gasteiger partial charge in [-0.1, -0.05) is 0 Å². The van der Waals surface area contributed by atoms with Crippen molar-refractivity contribution in [1.29, 1.82) is 0 Å². The second-order valence-corrected chi connectivity index (χ2v) is 9.05. The Morgan fingerprint density at radius 1 is 1.24 bits per heavy atom. The molecule has 136 valence electrons. The number of hydrogen-bond acceptors (Lipinski definition) is 6. The minimum absolute atomic E-state index is 0.0780. The van der Waals surface area contributed by atoms with Crippen LogP contribution >= 0.6 is 11.5 Å². The molecule has 6 nitrogen and oxygen atoms in total. The van der Waals surface area contributed by atoms with E-state index in [0.717, 1.165) is 48.5 Å². The van der Waals surface area contributed by atoms with Crippen LogP contribution in [0.3, 0.4) is 0 Å². The Balaban J connectivity index is 1.40. The molecule has 1 atom stereocenters. The molecule has 4 fully saturated rings. The molecular formula is C18H25N3O3S. The van der Waals surface area contributed by atoms with Gasteiger partial charge < -0.3 is 15.8 Å². The number of esters is 1. The molecule has 0 aliphatic heterocycles. The lowest BCUT2D eigenvalue weighted by atomic mass is 9.53. The van der Waals surface area contributed by atoms with E-state index in [-0.39, 0.29) is 17.0 Å². The normalized spacial score (nSPS) is 33.9. The van der Waals surface area contributed by atoms with Gasteiger partial charge in [0.1, 0.15) is 10.6 Å². The van der Waals surface area contributed by atoms with Gasteiger partial charge in [-0.25, -0.2) is 4.79 Å². The van der Waals surface area contributed by atoms with Crippen molar-refractivity contribution < 1.29 is 14.3 Å². The molecule has 7 heteroatoms. The SMILES string of the molecule is Cc1nsc(N)c1C(=O)OC(C)C(=O)NC12CC3CC(CC(C3)C1)C2. The Labute approximate surface area is 151 Å². The third-order valence-electron chi connectivity index (χ3n) is 6.17. The molecule has 4 aliphatic rings. The number of hydrogen-bond donors (Lipinski definition) is 2. The van der Waals surface area contributed by atoms with Crippen LogP contribution in [-0.2, 0) is 9.53 Å². The zero-order chi connectivity index (χ0) is 17.8. The van der Waals surface area contributed by atoms with Gasteiger partial charge in [-0.05, 0) is 81.7 Å². The van der Waals surface area contributed by atoms with Crippen LogP contribution in [0, 0.1) is 24.7 Å². The molecule has 0 saturated heterocycles.